The van der Waals surface area contributed by atoms with Gasteiger partial charge in [0.1, 0.15) is 0 Å². The number of amides is 1. The van der Waals surface area contributed by atoms with Crippen LogP contribution in [0.25, 0.3) is 0 Å². The maximum Gasteiger partial charge on any atom is 0.250 e. The highest BCUT2D eigenvalue weighted by molar-refractivity contribution is 6.31. The second-order valence-electron chi connectivity index (χ2n) is 5.61. The number of nitrogens with one attached hydrogen (secondary N) is 2. The molecule has 0 saturated carbocycles. The molecule has 0 spiro atoms. The van der Waals surface area contributed by atoms with Crippen molar-refractivity contribution in [3.63, 3.8) is 0 Å². The van der Waals surface area contributed by atoms with Crippen molar-refractivity contribution in [3.8, 4) is 0 Å². The summed E-state index contributed by atoms with van der Waals surface area (Å²) in [6.07, 6.45) is 3.49. The van der Waals surface area contributed by atoms with Gasteiger partial charge in [0.05, 0.1) is 18.3 Å². The fourth-order valence-corrected chi connectivity index (χ4v) is 2.87. The highest BCUT2D eigenvalue weighted by Crippen LogP contribution is 2.16. The van der Waals surface area contributed by atoms with Crippen molar-refractivity contribution in [2.45, 2.75) is 25.4 Å². The van der Waals surface area contributed by atoms with Gasteiger partial charge in [-0.2, -0.15) is 0 Å². The van der Waals surface area contributed by atoms with E-state index in [0.29, 0.717) is 17.3 Å². The van der Waals surface area contributed by atoms with E-state index in [1.807, 2.05) is 18.2 Å². The number of benzene rings is 1. The lowest BCUT2D eigenvalue weighted by atomic mass is 10.2. The molecule has 0 radical (unpaired) electrons. The summed E-state index contributed by atoms with van der Waals surface area (Å²) in [5.41, 5.74) is 1.33. The highest BCUT2D eigenvalue weighted by Gasteiger charge is 2.21. The molecule has 1 aliphatic rings. The van der Waals surface area contributed by atoms with Gasteiger partial charge in [0.25, 0.3) is 5.56 Å². The van der Waals surface area contributed by atoms with Gasteiger partial charge in [0.15, 0.2) is 0 Å². The molecule has 5 nitrogen and oxygen atoms in total. The molecule has 7 heteroatoms. The van der Waals surface area contributed by atoms with E-state index in [1.54, 1.807) is 22.9 Å². The third-order valence-corrected chi connectivity index (χ3v) is 4.30. The quantitative estimate of drug-likeness (QED) is 0.872. The zero-order valence-electron chi connectivity index (χ0n) is 13.0. The largest absolute Gasteiger partial charge is 0.323 e. The summed E-state index contributed by atoms with van der Waals surface area (Å²) in [6, 6.07) is 10.3. The molecule has 2 aromatic rings. The van der Waals surface area contributed by atoms with E-state index in [2.05, 4.69) is 10.6 Å². The average Bonchev–Trinajstić information content (AvgIpc) is 3.07. The number of carbonyl (C=O) groups is 1. The molecule has 2 heterocycles. The van der Waals surface area contributed by atoms with Crippen molar-refractivity contribution < 1.29 is 4.79 Å². The fourth-order valence-electron chi connectivity index (χ4n) is 2.68. The van der Waals surface area contributed by atoms with Crippen molar-refractivity contribution in [2.24, 2.45) is 0 Å². The maximum atomic E-state index is 12.1. The topological polar surface area (TPSA) is 63.1 Å². The SMILES string of the molecule is Cl.O=C(Nc1ccc(=O)n(Cc2ccccc2Cl)c1)C1CCCN1. The molecule has 1 aromatic carbocycles. The first kappa shape index (κ1) is 18.5. The Morgan fingerprint density at radius 2 is 2.08 bits per heavy atom. The molecule has 1 unspecified atom stereocenters. The van der Waals surface area contributed by atoms with E-state index in [0.717, 1.165) is 24.9 Å². The minimum Gasteiger partial charge on any atom is -0.323 e. The maximum absolute atomic E-state index is 12.1. The Morgan fingerprint density at radius 3 is 2.79 bits per heavy atom. The molecule has 0 bridgehead atoms. The molecule has 128 valence electrons. The van der Waals surface area contributed by atoms with Crippen molar-refractivity contribution in [3.05, 3.63) is 63.5 Å². The Morgan fingerprint density at radius 1 is 1.29 bits per heavy atom. The van der Waals surface area contributed by atoms with Gasteiger partial charge in [0, 0.05) is 17.3 Å². The zero-order chi connectivity index (χ0) is 16.2. The molecule has 1 aliphatic heterocycles. The van der Waals surface area contributed by atoms with Crippen LogP contribution in [0.2, 0.25) is 5.02 Å². The predicted molar refractivity (Wildman–Crippen MR) is 98.2 cm³/mol. The molecule has 2 N–H and O–H groups in total. The van der Waals surface area contributed by atoms with Crippen LogP contribution in [0.1, 0.15) is 18.4 Å². The summed E-state index contributed by atoms with van der Waals surface area (Å²) >= 11 is 6.14. The first-order valence-electron chi connectivity index (χ1n) is 7.61. The van der Waals surface area contributed by atoms with Crippen molar-refractivity contribution in [2.75, 3.05) is 11.9 Å². The van der Waals surface area contributed by atoms with Gasteiger partial charge in [-0.25, -0.2) is 0 Å². The minimum atomic E-state index is -0.154. The Hall–Kier alpha value is -1.82. The summed E-state index contributed by atoms with van der Waals surface area (Å²) in [4.78, 5) is 24.2. The van der Waals surface area contributed by atoms with Gasteiger partial charge in [-0.3, -0.25) is 9.59 Å². The molecular formula is C17H19Cl2N3O2. The average molecular weight is 368 g/mol. The number of halogens is 2. The second kappa shape index (κ2) is 8.33. The van der Waals surface area contributed by atoms with Crippen LogP contribution in [0, 0.1) is 0 Å². The molecule has 1 fully saturated rings. The van der Waals surface area contributed by atoms with E-state index >= 15 is 0 Å². The lowest BCUT2D eigenvalue weighted by Gasteiger charge is -2.13. The van der Waals surface area contributed by atoms with Gasteiger partial charge < -0.3 is 15.2 Å². The van der Waals surface area contributed by atoms with E-state index in [-0.39, 0.29) is 29.9 Å². The first-order valence-corrected chi connectivity index (χ1v) is 7.99. The van der Waals surface area contributed by atoms with Crippen LogP contribution in [0.3, 0.4) is 0 Å². The number of nitrogens with zero attached hydrogens (tertiary/aromatic N) is 1. The lowest BCUT2D eigenvalue weighted by Crippen LogP contribution is -2.35. The van der Waals surface area contributed by atoms with Gasteiger partial charge in [-0.05, 0) is 37.1 Å². The number of carbonyl (C=O) groups excluding carboxylic acids is 1. The highest BCUT2D eigenvalue weighted by atomic mass is 35.5. The van der Waals surface area contributed by atoms with E-state index in [4.69, 9.17) is 11.6 Å². The molecule has 1 aromatic heterocycles. The summed E-state index contributed by atoms with van der Waals surface area (Å²) in [6.45, 7) is 1.23. The predicted octanol–water partition coefficient (Wildman–Crippen LogP) is 2.66. The Kier molecular flexibility index (Phi) is 6.43. The van der Waals surface area contributed by atoms with E-state index < -0.39 is 0 Å². The van der Waals surface area contributed by atoms with Crippen molar-refractivity contribution >= 4 is 35.6 Å². The van der Waals surface area contributed by atoms with E-state index in [9.17, 15) is 9.59 Å². The number of pyridine rings is 1. The molecule has 24 heavy (non-hydrogen) atoms. The Labute approximate surface area is 151 Å². The molecule has 1 atom stereocenters. The third kappa shape index (κ3) is 4.38. The number of aromatic nitrogens is 1. The summed E-state index contributed by atoms with van der Waals surface area (Å²) in [5, 5.41) is 6.62. The third-order valence-electron chi connectivity index (χ3n) is 3.93. The standard InChI is InChI=1S/C17H18ClN3O2.ClH/c18-14-5-2-1-4-12(14)10-21-11-13(7-8-16(21)22)20-17(23)15-6-3-9-19-15;/h1-2,4-5,7-8,11,15,19H,3,6,9-10H2,(H,20,23);1H. The first-order chi connectivity index (χ1) is 11.1. The second-order valence-corrected chi connectivity index (χ2v) is 6.02. The number of hydrogen-bond acceptors (Lipinski definition) is 3. The van der Waals surface area contributed by atoms with Crippen LogP contribution in [0.5, 0.6) is 0 Å². The summed E-state index contributed by atoms with van der Waals surface area (Å²) in [5.74, 6) is -0.0644. The van der Waals surface area contributed by atoms with Crippen LogP contribution in [-0.2, 0) is 11.3 Å². The van der Waals surface area contributed by atoms with Crippen molar-refractivity contribution in [1.29, 1.82) is 0 Å². The lowest BCUT2D eigenvalue weighted by molar-refractivity contribution is -0.117. The molecule has 1 amide bonds. The summed E-state index contributed by atoms with van der Waals surface area (Å²) < 4.78 is 1.54. The van der Waals surface area contributed by atoms with Crippen LogP contribution in [0.4, 0.5) is 5.69 Å². The Balaban J connectivity index is 0.00000208. The molecule has 0 aliphatic carbocycles. The monoisotopic (exact) mass is 367 g/mol. The van der Waals surface area contributed by atoms with Crippen LogP contribution < -0.4 is 16.2 Å². The van der Waals surface area contributed by atoms with Crippen LogP contribution >= 0.6 is 24.0 Å². The number of hydrogen-bond donors (Lipinski definition) is 2. The van der Waals surface area contributed by atoms with Gasteiger partial charge >= 0.3 is 0 Å². The van der Waals surface area contributed by atoms with Crippen LogP contribution in [0.15, 0.2) is 47.4 Å². The molecule has 1 saturated heterocycles. The Bertz CT molecular complexity index is 770. The van der Waals surface area contributed by atoms with Gasteiger partial charge in [-0.15, -0.1) is 12.4 Å². The molecule has 3 rings (SSSR count). The molecular weight excluding hydrogens is 349 g/mol. The number of anilines is 1. The normalized spacial score (nSPS) is 16.5. The van der Waals surface area contributed by atoms with Crippen LogP contribution in [-0.4, -0.2) is 23.1 Å². The van der Waals surface area contributed by atoms with E-state index in [1.165, 1.54) is 6.07 Å². The van der Waals surface area contributed by atoms with Gasteiger partial charge in [0.2, 0.25) is 5.91 Å². The van der Waals surface area contributed by atoms with Gasteiger partial charge in [-0.1, -0.05) is 29.8 Å². The summed E-state index contributed by atoms with van der Waals surface area (Å²) in [7, 11) is 0. The zero-order valence-corrected chi connectivity index (χ0v) is 14.6. The fraction of sp³-hybridized carbons (Fsp3) is 0.294. The smallest absolute Gasteiger partial charge is 0.250 e. The van der Waals surface area contributed by atoms with Crippen molar-refractivity contribution in [1.82, 2.24) is 9.88 Å². The number of rotatable bonds is 4. The minimum absolute atomic E-state index is 0.